The lowest BCUT2D eigenvalue weighted by Crippen LogP contribution is -2.40. The van der Waals surface area contributed by atoms with Crippen LogP contribution in [0.1, 0.15) is 38.5 Å². The monoisotopic (exact) mass is 275 g/mol. The average Bonchev–Trinajstić information content (AvgIpc) is 2.77. The molecule has 1 fully saturated rings. The van der Waals surface area contributed by atoms with Crippen LogP contribution in [0.2, 0.25) is 0 Å². The summed E-state index contributed by atoms with van der Waals surface area (Å²) in [5.74, 6) is -1.05. The van der Waals surface area contributed by atoms with Crippen LogP contribution < -0.4 is 0 Å². The molecule has 0 atom stereocenters. The zero-order valence-electron chi connectivity index (χ0n) is 10.5. The van der Waals surface area contributed by atoms with E-state index in [1.54, 1.807) is 6.08 Å². The summed E-state index contributed by atoms with van der Waals surface area (Å²) < 4.78 is 25.8. The van der Waals surface area contributed by atoms with E-state index in [9.17, 15) is 13.2 Å². The van der Waals surface area contributed by atoms with Gasteiger partial charge in [0.2, 0.25) is 10.0 Å². The van der Waals surface area contributed by atoms with Gasteiger partial charge in [-0.25, -0.2) is 8.42 Å². The van der Waals surface area contributed by atoms with Gasteiger partial charge in [0, 0.05) is 19.0 Å². The van der Waals surface area contributed by atoms with Crippen LogP contribution in [0.5, 0.6) is 0 Å². The van der Waals surface area contributed by atoms with Gasteiger partial charge in [0.1, 0.15) is 0 Å². The largest absolute Gasteiger partial charge is 0.481 e. The van der Waals surface area contributed by atoms with Gasteiger partial charge in [-0.2, -0.15) is 4.31 Å². The molecule has 0 aromatic carbocycles. The Hall–Kier alpha value is -0.880. The summed E-state index contributed by atoms with van der Waals surface area (Å²) in [6.45, 7) is 3.91. The molecule has 18 heavy (non-hydrogen) atoms. The van der Waals surface area contributed by atoms with E-state index in [-0.39, 0.29) is 24.6 Å². The summed E-state index contributed by atoms with van der Waals surface area (Å²) in [4.78, 5) is 10.4. The number of carboxylic acids is 1. The zero-order chi connectivity index (χ0) is 13.6. The molecule has 0 aromatic heterocycles. The number of hydrogen-bond acceptors (Lipinski definition) is 3. The van der Waals surface area contributed by atoms with E-state index in [2.05, 4.69) is 6.58 Å². The summed E-state index contributed by atoms with van der Waals surface area (Å²) in [5, 5.41) is 8.54. The Balaban J connectivity index is 2.64. The van der Waals surface area contributed by atoms with Gasteiger partial charge in [-0.1, -0.05) is 18.9 Å². The molecule has 1 saturated carbocycles. The molecule has 1 N–H and O–H groups in total. The zero-order valence-corrected chi connectivity index (χ0v) is 11.4. The number of carbonyl (C=O) groups is 1. The standard InChI is InChI=1S/C12H21NO4S/c1-2-9-13(11-6-3-4-7-11)18(16,17)10-5-8-12(14)15/h2,11H,1,3-10H2,(H,14,15). The Morgan fingerprint density at radius 2 is 2.00 bits per heavy atom. The molecule has 0 unspecified atom stereocenters. The third-order valence-corrected chi connectivity index (χ3v) is 5.16. The molecule has 0 saturated heterocycles. The van der Waals surface area contributed by atoms with E-state index in [0.29, 0.717) is 6.54 Å². The van der Waals surface area contributed by atoms with E-state index >= 15 is 0 Å². The second kappa shape index (κ2) is 6.89. The van der Waals surface area contributed by atoms with Crippen molar-refractivity contribution in [2.75, 3.05) is 12.3 Å². The van der Waals surface area contributed by atoms with E-state index in [4.69, 9.17) is 5.11 Å². The third-order valence-electron chi connectivity index (χ3n) is 3.19. The first-order valence-corrected chi connectivity index (χ1v) is 7.90. The maximum absolute atomic E-state index is 12.2. The van der Waals surface area contributed by atoms with Crippen molar-refractivity contribution < 1.29 is 18.3 Å². The van der Waals surface area contributed by atoms with Gasteiger partial charge in [0.25, 0.3) is 0 Å². The summed E-state index contributed by atoms with van der Waals surface area (Å²) in [7, 11) is -3.36. The highest BCUT2D eigenvalue weighted by molar-refractivity contribution is 7.89. The number of sulfonamides is 1. The predicted molar refractivity (Wildman–Crippen MR) is 69.8 cm³/mol. The molecule has 0 heterocycles. The molecule has 0 aromatic rings. The molecule has 1 rings (SSSR count). The van der Waals surface area contributed by atoms with Crippen molar-refractivity contribution in [3.05, 3.63) is 12.7 Å². The molecule has 1 aliphatic carbocycles. The Bertz CT molecular complexity index is 385. The lowest BCUT2D eigenvalue weighted by Gasteiger charge is -2.26. The van der Waals surface area contributed by atoms with Crippen molar-refractivity contribution in [2.45, 2.75) is 44.6 Å². The Morgan fingerprint density at radius 3 is 2.50 bits per heavy atom. The van der Waals surface area contributed by atoms with Crippen LogP contribution in [-0.2, 0) is 14.8 Å². The minimum atomic E-state index is -3.36. The first-order chi connectivity index (χ1) is 8.47. The fourth-order valence-corrected chi connectivity index (χ4v) is 4.07. The van der Waals surface area contributed by atoms with Gasteiger partial charge in [-0.3, -0.25) is 4.79 Å². The van der Waals surface area contributed by atoms with Crippen molar-refractivity contribution in [2.24, 2.45) is 0 Å². The number of rotatable bonds is 8. The molecule has 0 bridgehead atoms. The van der Waals surface area contributed by atoms with Crippen LogP contribution >= 0.6 is 0 Å². The third kappa shape index (κ3) is 4.42. The van der Waals surface area contributed by atoms with Crippen molar-refractivity contribution in [1.82, 2.24) is 4.31 Å². The van der Waals surface area contributed by atoms with Gasteiger partial charge in [-0.05, 0) is 19.3 Å². The SMILES string of the molecule is C=CCN(C1CCCC1)S(=O)(=O)CCCC(=O)O. The van der Waals surface area contributed by atoms with Crippen molar-refractivity contribution in [3.8, 4) is 0 Å². The number of carboxylic acid groups (broad SMARTS) is 1. The highest BCUT2D eigenvalue weighted by Gasteiger charge is 2.30. The minimum Gasteiger partial charge on any atom is -0.481 e. The molecule has 5 nitrogen and oxygen atoms in total. The first-order valence-electron chi connectivity index (χ1n) is 6.29. The minimum absolute atomic E-state index is 0.0674. The maximum atomic E-state index is 12.2. The van der Waals surface area contributed by atoms with Gasteiger partial charge in [0.05, 0.1) is 5.75 Å². The van der Waals surface area contributed by atoms with Crippen LogP contribution in [0, 0.1) is 0 Å². The number of aliphatic carboxylic acids is 1. The molecule has 6 heteroatoms. The van der Waals surface area contributed by atoms with Gasteiger partial charge < -0.3 is 5.11 Å². The molecule has 0 radical (unpaired) electrons. The van der Waals surface area contributed by atoms with E-state index in [1.807, 2.05) is 0 Å². The molecule has 0 aliphatic heterocycles. The smallest absolute Gasteiger partial charge is 0.303 e. The van der Waals surface area contributed by atoms with E-state index in [0.717, 1.165) is 25.7 Å². The van der Waals surface area contributed by atoms with Gasteiger partial charge in [0.15, 0.2) is 0 Å². The summed E-state index contributed by atoms with van der Waals surface area (Å²) in [6.07, 6.45) is 5.56. The lowest BCUT2D eigenvalue weighted by atomic mass is 10.2. The fraction of sp³-hybridized carbons (Fsp3) is 0.750. The van der Waals surface area contributed by atoms with Gasteiger partial charge in [-0.15, -0.1) is 6.58 Å². The molecule has 0 spiro atoms. The highest BCUT2D eigenvalue weighted by atomic mass is 32.2. The summed E-state index contributed by atoms with van der Waals surface area (Å²) in [6, 6.07) is 0.0674. The fourth-order valence-electron chi connectivity index (χ4n) is 2.33. The van der Waals surface area contributed by atoms with Crippen molar-refractivity contribution >= 4 is 16.0 Å². The Morgan fingerprint density at radius 1 is 1.39 bits per heavy atom. The highest BCUT2D eigenvalue weighted by Crippen LogP contribution is 2.26. The predicted octanol–water partition coefficient (Wildman–Crippen LogP) is 1.61. The van der Waals surface area contributed by atoms with E-state index < -0.39 is 16.0 Å². The molecule has 0 amide bonds. The summed E-state index contributed by atoms with van der Waals surface area (Å²) in [5.41, 5.74) is 0. The van der Waals surface area contributed by atoms with Crippen LogP contribution in [0.4, 0.5) is 0 Å². The van der Waals surface area contributed by atoms with Crippen LogP contribution in [-0.4, -0.2) is 42.1 Å². The second-order valence-electron chi connectivity index (χ2n) is 4.61. The normalized spacial score (nSPS) is 17.2. The Labute approximate surface area is 109 Å². The number of nitrogens with zero attached hydrogens (tertiary/aromatic N) is 1. The van der Waals surface area contributed by atoms with Crippen LogP contribution in [0.3, 0.4) is 0 Å². The molecular formula is C12H21NO4S. The van der Waals surface area contributed by atoms with Gasteiger partial charge >= 0.3 is 5.97 Å². The summed E-state index contributed by atoms with van der Waals surface area (Å²) >= 11 is 0. The van der Waals surface area contributed by atoms with Crippen LogP contribution in [0.15, 0.2) is 12.7 Å². The number of hydrogen-bond donors (Lipinski definition) is 1. The molecular weight excluding hydrogens is 254 g/mol. The van der Waals surface area contributed by atoms with Crippen molar-refractivity contribution in [3.63, 3.8) is 0 Å². The molecule has 1 aliphatic rings. The topological polar surface area (TPSA) is 74.7 Å². The van der Waals surface area contributed by atoms with Crippen LogP contribution in [0.25, 0.3) is 0 Å². The lowest BCUT2D eigenvalue weighted by molar-refractivity contribution is -0.137. The first kappa shape index (κ1) is 15.2. The van der Waals surface area contributed by atoms with Crippen molar-refractivity contribution in [1.29, 1.82) is 0 Å². The average molecular weight is 275 g/mol. The quantitative estimate of drug-likeness (QED) is 0.683. The van der Waals surface area contributed by atoms with E-state index in [1.165, 1.54) is 4.31 Å². The maximum Gasteiger partial charge on any atom is 0.303 e. The Kier molecular flexibility index (Phi) is 5.81. The second-order valence-corrected chi connectivity index (χ2v) is 6.65. The molecule has 104 valence electrons.